The van der Waals surface area contributed by atoms with Crippen LogP contribution in [0.25, 0.3) is 0 Å². The van der Waals surface area contributed by atoms with Gasteiger partial charge in [-0.2, -0.15) is 0 Å². The van der Waals surface area contributed by atoms with Crippen LogP contribution in [0.2, 0.25) is 0 Å². The van der Waals surface area contributed by atoms with E-state index in [9.17, 15) is 9.59 Å². The summed E-state index contributed by atoms with van der Waals surface area (Å²) in [6, 6.07) is -1.35. The van der Waals surface area contributed by atoms with Crippen LogP contribution in [0.4, 0.5) is 4.79 Å². The lowest BCUT2D eigenvalue weighted by molar-refractivity contribution is -0.139. The minimum Gasteiger partial charge on any atom is -0.480 e. The molecule has 1 saturated carbocycles. The number of rotatable bonds is 7. The van der Waals surface area contributed by atoms with Crippen molar-refractivity contribution in [2.24, 2.45) is 5.92 Å². The van der Waals surface area contributed by atoms with E-state index in [-0.39, 0.29) is 25.1 Å². The first kappa shape index (κ1) is 14.8. The van der Waals surface area contributed by atoms with Crippen molar-refractivity contribution in [1.82, 2.24) is 10.2 Å². The average molecular weight is 258 g/mol. The van der Waals surface area contributed by atoms with Gasteiger partial charge in [0, 0.05) is 25.6 Å². The van der Waals surface area contributed by atoms with Crippen LogP contribution in [0, 0.1) is 5.92 Å². The first-order valence-corrected chi connectivity index (χ1v) is 6.36. The van der Waals surface area contributed by atoms with E-state index in [1.165, 1.54) is 0 Å². The van der Waals surface area contributed by atoms with Gasteiger partial charge in [-0.1, -0.05) is 0 Å². The highest BCUT2D eigenvalue weighted by Crippen LogP contribution is 2.30. The van der Waals surface area contributed by atoms with Gasteiger partial charge in [0.2, 0.25) is 0 Å². The number of urea groups is 1. The maximum atomic E-state index is 12.0. The second-order valence-electron chi connectivity index (χ2n) is 5.04. The number of nitrogens with zero attached hydrogens (tertiary/aromatic N) is 1. The largest absolute Gasteiger partial charge is 0.480 e. The van der Waals surface area contributed by atoms with Crippen molar-refractivity contribution in [3.8, 4) is 0 Å². The average Bonchev–Trinajstić information content (AvgIpc) is 3.08. The van der Waals surface area contributed by atoms with E-state index in [1.54, 1.807) is 4.90 Å². The molecule has 0 saturated heterocycles. The Hall–Kier alpha value is -1.30. The number of hydrogen-bond acceptors (Lipinski definition) is 3. The lowest BCUT2D eigenvalue weighted by atomic mass is 10.2. The third-order valence-electron chi connectivity index (χ3n) is 3.05. The van der Waals surface area contributed by atoms with Gasteiger partial charge in [-0.3, -0.25) is 0 Å². The van der Waals surface area contributed by atoms with E-state index < -0.39 is 12.0 Å². The molecule has 0 aromatic rings. The van der Waals surface area contributed by atoms with Crippen molar-refractivity contribution in [1.29, 1.82) is 0 Å². The molecule has 0 aromatic carbocycles. The minimum atomic E-state index is -1.12. The van der Waals surface area contributed by atoms with Gasteiger partial charge in [0.25, 0.3) is 0 Å². The van der Waals surface area contributed by atoms with Crippen LogP contribution in [0.3, 0.4) is 0 Å². The second-order valence-corrected chi connectivity index (χ2v) is 5.04. The first-order valence-electron chi connectivity index (χ1n) is 6.36. The number of carbonyl (C=O) groups excluding carboxylic acids is 1. The summed E-state index contributed by atoms with van der Waals surface area (Å²) in [5, 5.41) is 20.2. The van der Waals surface area contributed by atoms with E-state index in [1.807, 2.05) is 13.8 Å². The monoisotopic (exact) mass is 258 g/mol. The predicted molar refractivity (Wildman–Crippen MR) is 66.2 cm³/mol. The van der Waals surface area contributed by atoms with Crippen LogP contribution in [-0.2, 0) is 4.79 Å². The fourth-order valence-electron chi connectivity index (χ4n) is 1.73. The number of aliphatic hydroxyl groups excluding tert-OH is 1. The Morgan fingerprint density at radius 1 is 1.39 bits per heavy atom. The fourth-order valence-corrected chi connectivity index (χ4v) is 1.73. The summed E-state index contributed by atoms with van der Waals surface area (Å²) in [4.78, 5) is 24.6. The summed E-state index contributed by atoms with van der Waals surface area (Å²) in [5.41, 5.74) is 0. The summed E-state index contributed by atoms with van der Waals surface area (Å²) in [6.07, 6.45) is 2.29. The van der Waals surface area contributed by atoms with E-state index in [0.717, 1.165) is 12.8 Å². The molecule has 6 heteroatoms. The topological polar surface area (TPSA) is 89.9 Å². The minimum absolute atomic E-state index is 0.0242. The van der Waals surface area contributed by atoms with Crippen LogP contribution in [0.1, 0.15) is 33.1 Å². The normalized spacial score (nSPS) is 16.4. The summed E-state index contributed by atoms with van der Waals surface area (Å²) >= 11 is 0. The lowest BCUT2D eigenvalue weighted by Crippen LogP contribution is -2.51. The van der Waals surface area contributed by atoms with Crippen molar-refractivity contribution in [2.45, 2.75) is 45.2 Å². The molecule has 0 aromatic heterocycles. The molecule has 0 bridgehead atoms. The smallest absolute Gasteiger partial charge is 0.326 e. The van der Waals surface area contributed by atoms with Crippen molar-refractivity contribution in [2.75, 3.05) is 13.2 Å². The molecular weight excluding hydrogens is 236 g/mol. The molecule has 6 nitrogen and oxygen atoms in total. The molecular formula is C12H22N2O4. The Morgan fingerprint density at radius 2 is 2.00 bits per heavy atom. The third kappa shape index (κ3) is 4.52. The molecule has 0 radical (unpaired) electrons. The molecule has 18 heavy (non-hydrogen) atoms. The third-order valence-corrected chi connectivity index (χ3v) is 3.05. The summed E-state index contributed by atoms with van der Waals surface area (Å²) in [6.45, 7) is 4.23. The molecule has 0 heterocycles. The number of aliphatic hydroxyl groups is 1. The van der Waals surface area contributed by atoms with Gasteiger partial charge in [-0.15, -0.1) is 0 Å². The molecule has 3 N–H and O–H groups in total. The Kier molecular flexibility index (Phi) is 5.40. The summed E-state index contributed by atoms with van der Waals surface area (Å²) < 4.78 is 0. The van der Waals surface area contributed by atoms with Crippen molar-refractivity contribution in [3.63, 3.8) is 0 Å². The zero-order valence-electron chi connectivity index (χ0n) is 10.9. The van der Waals surface area contributed by atoms with Gasteiger partial charge < -0.3 is 20.4 Å². The number of amides is 2. The van der Waals surface area contributed by atoms with E-state index in [4.69, 9.17) is 10.2 Å². The molecule has 0 unspecified atom stereocenters. The first-order chi connectivity index (χ1) is 8.45. The number of nitrogens with one attached hydrogen (secondary N) is 1. The molecule has 1 aliphatic carbocycles. The molecule has 0 aliphatic heterocycles. The molecule has 1 fully saturated rings. The number of carbonyl (C=O) groups is 2. The summed E-state index contributed by atoms with van der Waals surface area (Å²) in [7, 11) is 0. The van der Waals surface area contributed by atoms with Crippen LogP contribution < -0.4 is 5.32 Å². The van der Waals surface area contributed by atoms with Crippen LogP contribution in [0.5, 0.6) is 0 Å². The second kappa shape index (κ2) is 6.58. The molecule has 1 atom stereocenters. The predicted octanol–water partition coefficient (Wildman–Crippen LogP) is 0.652. The van der Waals surface area contributed by atoms with Gasteiger partial charge in [-0.25, -0.2) is 9.59 Å². The van der Waals surface area contributed by atoms with Gasteiger partial charge in [0.1, 0.15) is 6.04 Å². The highest BCUT2D eigenvalue weighted by Gasteiger charge is 2.30. The quantitative estimate of drug-likeness (QED) is 0.625. The molecule has 1 aliphatic rings. The maximum absolute atomic E-state index is 12.0. The Morgan fingerprint density at radius 3 is 2.39 bits per heavy atom. The zero-order valence-corrected chi connectivity index (χ0v) is 10.9. The van der Waals surface area contributed by atoms with Crippen LogP contribution in [-0.4, -0.2) is 52.3 Å². The molecule has 104 valence electrons. The van der Waals surface area contributed by atoms with E-state index >= 15 is 0 Å². The van der Waals surface area contributed by atoms with Crippen molar-refractivity contribution >= 4 is 12.0 Å². The maximum Gasteiger partial charge on any atom is 0.326 e. The molecule has 0 spiro atoms. The van der Waals surface area contributed by atoms with Crippen LogP contribution in [0.15, 0.2) is 0 Å². The SMILES string of the molecule is CC(C)N(CC1CC1)C(=O)N[C@H](CCO)C(=O)O. The van der Waals surface area contributed by atoms with Gasteiger partial charge >= 0.3 is 12.0 Å². The lowest BCUT2D eigenvalue weighted by Gasteiger charge is -2.28. The fraction of sp³-hybridized carbons (Fsp3) is 0.833. The number of carboxylic acid groups (broad SMARTS) is 1. The highest BCUT2D eigenvalue weighted by atomic mass is 16.4. The Balaban J connectivity index is 2.55. The van der Waals surface area contributed by atoms with Gasteiger partial charge in [-0.05, 0) is 32.6 Å². The number of hydrogen-bond donors (Lipinski definition) is 3. The standard InChI is InChI=1S/C12H22N2O4/c1-8(2)14(7-9-3-4-9)12(18)13-10(5-6-15)11(16)17/h8-10,15H,3-7H2,1-2H3,(H,13,18)(H,16,17)/t10-/m1/s1. The number of aliphatic carboxylic acids is 1. The Bertz CT molecular complexity index is 302. The van der Waals surface area contributed by atoms with Gasteiger partial charge in [0.15, 0.2) is 0 Å². The molecule has 2 amide bonds. The van der Waals surface area contributed by atoms with Gasteiger partial charge in [0.05, 0.1) is 0 Å². The summed E-state index contributed by atoms with van der Waals surface area (Å²) in [5.74, 6) is -0.563. The highest BCUT2D eigenvalue weighted by molar-refractivity contribution is 5.82. The van der Waals surface area contributed by atoms with Crippen molar-refractivity contribution < 1.29 is 19.8 Å². The van der Waals surface area contributed by atoms with Crippen molar-refractivity contribution in [3.05, 3.63) is 0 Å². The molecule has 1 rings (SSSR count). The van der Waals surface area contributed by atoms with E-state index in [2.05, 4.69) is 5.32 Å². The Labute approximate surface area is 107 Å². The van der Waals surface area contributed by atoms with Crippen LogP contribution >= 0.6 is 0 Å². The van der Waals surface area contributed by atoms with E-state index in [0.29, 0.717) is 12.5 Å². The zero-order chi connectivity index (χ0) is 13.7. The number of carboxylic acids is 1.